The highest BCUT2D eigenvalue weighted by Crippen LogP contribution is 1.99. The fourth-order valence-corrected chi connectivity index (χ4v) is 0.673. The summed E-state index contributed by atoms with van der Waals surface area (Å²) in [6.07, 6.45) is 0. The molecule has 0 aromatic heterocycles. The zero-order chi connectivity index (χ0) is 9.12. The highest BCUT2D eigenvalue weighted by molar-refractivity contribution is 7.80. The second-order valence-corrected chi connectivity index (χ2v) is 3.59. The van der Waals surface area contributed by atoms with Gasteiger partial charge in [0, 0.05) is 0 Å². The molecule has 1 atom stereocenters. The molecule has 0 aliphatic carbocycles. The second-order valence-electron chi connectivity index (χ2n) is 2.50. The van der Waals surface area contributed by atoms with Crippen LogP contribution >= 0.6 is 0 Å². The summed E-state index contributed by atoms with van der Waals surface area (Å²) in [4.78, 5) is 0. The summed E-state index contributed by atoms with van der Waals surface area (Å²) in [6, 6.07) is 0. The maximum Gasteiger partial charge on any atom is 0.397 e. The molecule has 68 valence electrons. The third-order valence-electron chi connectivity index (χ3n) is 0.899. The lowest BCUT2D eigenvalue weighted by Crippen LogP contribution is -2.45. The van der Waals surface area contributed by atoms with Gasteiger partial charge in [-0.15, -0.1) is 0 Å². The highest BCUT2D eigenvalue weighted by atomic mass is 32.3. The number of nitrogens with two attached hydrogens (primary N) is 1. The van der Waals surface area contributed by atoms with Crippen molar-refractivity contribution in [3.63, 3.8) is 0 Å². The average Bonchev–Trinajstić information content (AvgIpc) is 1.83. The molecule has 4 N–H and O–H groups in total. The van der Waals surface area contributed by atoms with Gasteiger partial charge < -0.3 is 10.8 Å². The quantitative estimate of drug-likeness (QED) is 0.460. The Hall–Kier alpha value is -0.210. The van der Waals surface area contributed by atoms with Gasteiger partial charge in [-0.05, 0) is 6.92 Å². The summed E-state index contributed by atoms with van der Waals surface area (Å²) < 4.78 is 32.0. The van der Waals surface area contributed by atoms with Gasteiger partial charge in [0.25, 0.3) is 0 Å². The third-order valence-corrected chi connectivity index (χ3v) is 1.31. The smallest absolute Gasteiger partial charge is 0.394 e. The van der Waals surface area contributed by atoms with E-state index in [1.165, 1.54) is 6.92 Å². The summed E-state index contributed by atoms with van der Waals surface area (Å²) in [6.45, 7) is 0.503. The molecule has 0 saturated carbocycles. The van der Waals surface area contributed by atoms with Crippen LogP contribution in [-0.2, 0) is 14.6 Å². The minimum atomic E-state index is -4.46. The normalized spacial score (nSPS) is 17.8. The first-order chi connectivity index (χ1) is 4.77. The van der Waals surface area contributed by atoms with E-state index in [0.29, 0.717) is 0 Å². The Morgan fingerprint density at radius 2 is 2.09 bits per heavy atom. The zero-order valence-corrected chi connectivity index (χ0v) is 6.84. The standard InChI is InChI=1S/C4H11NO5S/c1-4(5,2-6)3-10-11(7,8)9/h6H,2-3,5H2,1H3,(H,7,8,9). The van der Waals surface area contributed by atoms with Crippen LogP contribution in [0.15, 0.2) is 0 Å². The van der Waals surface area contributed by atoms with E-state index in [9.17, 15) is 8.42 Å². The molecular weight excluding hydrogens is 174 g/mol. The fourth-order valence-electron chi connectivity index (χ4n) is 0.255. The van der Waals surface area contributed by atoms with Gasteiger partial charge >= 0.3 is 10.4 Å². The van der Waals surface area contributed by atoms with Crippen LogP contribution < -0.4 is 5.73 Å². The van der Waals surface area contributed by atoms with Crippen LogP contribution in [0.25, 0.3) is 0 Å². The lowest BCUT2D eigenvalue weighted by molar-refractivity contribution is 0.140. The van der Waals surface area contributed by atoms with Crippen molar-refractivity contribution in [3.05, 3.63) is 0 Å². The maximum absolute atomic E-state index is 9.99. The van der Waals surface area contributed by atoms with Gasteiger partial charge in [0.1, 0.15) is 0 Å². The van der Waals surface area contributed by atoms with Crippen molar-refractivity contribution in [3.8, 4) is 0 Å². The molecule has 0 rings (SSSR count). The van der Waals surface area contributed by atoms with E-state index in [-0.39, 0.29) is 0 Å². The van der Waals surface area contributed by atoms with E-state index in [1.807, 2.05) is 0 Å². The molecule has 0 aliphatic heterocycles. The molecule has 0 radical (unpaired) electrons. The van der Waals surface area contributed by atoms with Crippen LogP contribution in [0.2, 0.25) is 0 Å². The zero-order valence-electron chi connectivity index (χ0n) is 6.02. The molecule has 0 bridgehead atoms. The van der Waals surface area contributed by atoms with Crippen molar-refractivity contribution in [2.45, 2.75) is 12.5 Å². The number of aliphatic hydroxyl groups excluding tert-OH is 1. The van der Waals surface area contributed by atoms with Crippen molar-refractivity contribution in [2.75, 3.05) is 13.2 Å². The number of hydrogen-bond acceptors (Lipinski definition) is 5. The van der Waals surface area contributed by atoms with Gasteiger partial charge in [0.15, 0.2) is 0 Å². The summed E-state index contributed by atoms with van der Waals surface area (Å²) in [5.41, 5.74) is 4.12. The Labute approximate surface area is 64.9 Å². The molecule has 1 unspecified atom stereocenters. The van der Waals surface area contributed by atoms with Crippen molar-refractivity contribution in [2.24, 2.45) is 5.73 Å². The van der Waals surface area contributed by atoms with Crippen molar-refractivity contribution in [1.29, 1.82) is 0 Å². The van der Waals surface area contributed by atoms with Crippen LogP contribution in [0, 0.1) is 0 Å². The van der Waals surface area contributed by atoms with E-state index in [2.05, 4.69) is 4.18 Å². The predicted molar refractivity (Wildman–Crippen MR) is 37.2 cm³/mol. The van der Waals surface area contributed by atoms with Crippen LogP contribution in [0.5, 0.6) is 0 Å². The summed E-state index contributed by atoms with van der Waals surface area (Å²) >= 11 is 0. The Balaban J connectivity index is 3.90. The topological polar surface area (TPSA) is 110 Å². The fraction of sp³-hybridized carbons (Fsp3) is 1.00. The monoisotopic (exact) mass is 185 g/mol. The van der Waals surface area contributed by atoms with Crippen LogP contribution in [0.3, 0.4) is 0 Å². The van der Waals surface area contributed by atoms with Crippen molar-refractivity contribution < 1.29 is 22.3 Å². The first kappa shape index (κ1) is 10.8. The van der Waals surface area contributed by atoms with E-state index in [1.54, 1.807) is 0 Å². The number of rotatable bonds is 4. The van der Waals surface area contributed by atoms with E-state index < -0.39 is 29.2 Å². The Morgan fingerprint density at radius 1 is 1.64 bits per heavy atom. The van der Waals surface area contributed by atoms with E-state index in [4.69, 9.17) is 15.4 Å². The molecule has 0 heterocycles. The second kappa shape index (κ2) is 3.46. The van der Waals surface area contributed by atoms with Crippen LogP contribution in [0.1, 0.15) is 6.92 Å². The minimum Gasteiger partial charge on any atom is -0.394 e. The first-order valence-electron chi connectivity index (χ1n) is 2.78. The Kier molecular flexibility index (Phi) is 3.39. The molecule has 0 aromatic carbocycles. The molecule has 7 heteroatoms. The molecule has 0 amide bonds. The molecule has 0 fully saturated rings. The van der Waals surface area contributed by atoms with Crippen LogP contribution in [-0.4, -0.2) is 36.8 Å². The predicted octanol–water partition coefficient (Wildman–Crippen LogP) is -1.48. The maximum atomic E-state index is 9.99. The molecule has 11 heavy (non-hydrogen) atoms. The molecular formula is C4H11NO5S. The number of aliphatic hydroxyl groups is 1. The summed E-state index contributed by atoms with van der Waals surface area (Å²) in [7, 11) is -4.46. The molecule has 0 spiro atoms. The molecule has 6 nitrogen and oxygen atoms in total. The lowest BCUT2D eigenvalue weighted by Gasteiger charge is -2.19. The van der Waals surface area contributed by atoms with Crippen LogP contribution in [0.4, 0.5) is 0 Å². The van der Waals surface area contributed by atoms with Crippen molar-refractivity contribution in [1.82, 2.24) is 0 Å². The first-order valence-corrected chi connectivity index (χ1v) is 4.15. The van der Waals surface area contributed by atoms with Gasteiger partial charge in [0.2, 0.25) is 0 Å². The number of hydrogen-bond donors (Lipinski definition) is 3. The van der Waals surface area contributed by atoms with Gasteiger partial charge in [-0.25, -0.2) is 4.18 Å². The lowest BCUT2D eigenvalue weighted by atomic mass is 10.1. The highest BCUT2D eigenvalue weighted by Gasteiger charge is 2.20. The SMILES string of the molecule is CC(N)(CO)COS(=O)(=O)O. The van der Waals surface area contributed by atoms with Gasteiger partial charge in [-0.3, -0.25) is 4.55 Å². The molecule has 0 aromatic rings. The summed E-state index contributed by atoms with van der Waals surface area (Å²) in [5.74, 6) is 0. The summed E-state index contributed by atoms with van der Waals surface area (Å²) in [5, 5.41) is 8.51. The molecule has 0 aliphatic rings. The third kappa shape index (κ3) is 6.20. The van der Waals surface area contributed by atoms with E-state index in [0.717, 1.165) is 0 Å². The Morgan fingerprint density at radius 3 is 2.36 bits per heavy atom. The average molecular weight is 185 g/mol. The van der Waals surface area contributed by atoms with Crippen molar-refractivity contribution >= 4 is 10.4 Å². The van der Waals surface area contributed by atoms with Gasteiger partial charge in [0.05, 0.1) is 18.8 Å². The Bertz CT molecular complexity index is 209. The minimum absolute atomic E-state index is 0.428. The van der Waals surface area contributed by atoms with E-state index >= 15 is 0 Å². The van der Waals surface area contributed by atoms with Gasteiger partial charge in [-0.2, -0.15) is 8.42 Å². The largest absolute Gasteiger partial charge is 0.397 e. The molecule has 0 saturated heterocycles. The van der Waals surface area contributed by atoms with Gasteiger partial charge in [-0.1, -0.05) is 0 Å².